The Hall–Kier alpha value is -1.36. The highest BCUT2D eigenvalue weighted by Crippen LogP contribution is 2.25. The van der Waals surface area contributed by atoms with Gasteiger partial charge in [-0.3, -0.25) is 4.79 Å². The number of methoxy groups -OCH3 is 1. The van der Waals surface area contributed by atoms with Crippen LogP contribution in [-0.4, -0.2) is 18.7 Å². The molecule has 0 unspecified atom stereocenters. The molecule has 1 N–H and O–H groups in total. The van der Waals surface area contributed by atoms with E-state index in [1.165, 1.54) is 12.8 Å². The van der Waals surface area contributed by atoms with Crippen molar-refractivity contribution in [1.29, 1.82) is 0 Å². The average Bonchev–Trinajstić information content (AvgIpc) is 2.89. The second-order valence-corrected chi connectivity index (χ2v) is 5.03. The number of halogens is 1. The molecule has 0 saturated heterocycles. The molecule has 2 rings (SSSR count). The van der Waals surface area contributed by atoms with Crippen LogP contribution in [0.5, 0.6) is 5.75 Å². The molecule has 0 atom stereocenters. The second-order valence-electron chi connectivity index (χ2n) is 4.18. The van der Waals surface area contributed by atoms with Crippen molar-refractivity contribution in [2.24, 2.45) is 5.10 Å². The summed E-state index contributed by atoms with van der Waals surface area (Å²) in [7, 11) is 1.59. The van der Waals surface area contributed by atoms with Gasteiger partial charge in [-0.2, -0.15) is 5.10 Å². The van der Waals surface area contributed by atoms with E-state index in [4.69, 9.17) is 4.74 Å². The van der Waals surface area contributed by atoms with Crippen LogP contribution < -0.4 is 10.2 Å². The van der Waals surface area contributed by atoms with Gasteiger partial charge in [0, 0.05) is 11.3 Å². The lowest BCUT2D eigenvalue weighted by molar-refractivity contribution is 0.0954. The van der Waals surface area contributed by atoms with E-state index in [0.717, 1.165) is 23.0 Å². The Morgan fingerprint density at radius 2 is 2.11 bits per heavy atom. The molecule has 0 radical (unpaired) electrons. The van der Waals surface area contributed by atoms with Crippen molar-refractivity contribution < 1.29 is 9.53 Å². The molecule has 5 heteroatoms. The van der Waals surface area contributed by atoms with E-state index in [1.807, 2.05) is 0 Å². The fourth-order valence-electron chi connectivity index (χ4n) is 1.90. The Balaban J connectivity index is 2.04. The zero-order valence-corrected chi connectivity index (χ0v) is 11.8. The summed E-state index contributed by atoms with van der Waals surface area (Å²) in [6, 6.07) is 5.19. The van der Waals surface area contributed by atoms with E-state index >= 15 is 0 Å². The number of benzene rings is 1. The lowest BCUT2D eigenvalue weighted by atomic mass is 10.2. The number of hydrazone groups is 1. The van der Waals surface area contributed by atoms with Crippen LogP contribution in [0.3, 0.4) is 0 Å². The third-order valence-corrected chi connectivity index (χ3v) is 3.53. The molecule has 0 aliphatic heterocycles. The second kappa shape index (κ2) is 6.00. The number of hydrogen-bond acceptors (Lipinski definition) is 3. The molecule has 0 spiro atoms. The van der Waals surface area contributed by atoms with Crippen molar-refractivity contribution in [3.05, 3.63) is 28.2 Å². The largest absolute Gasteiger partial charge is 0.496 e. The van der Waals surface area contributed by atoms with Crippen molar-refractivity contribution in [2.75, 3.05) is 7.11 Å². The SMILES string of the molecule is COc1ccc(C(=O)NN=C2CCCC2)cc1Br. The first kappa shape index (κ1) is 13.1. The number of rotatable bonds is 3. The summed E-state index contributed by atoms with van der Waals surface area (Å²) < 4.78 is 5.87. The minimum atomic E-state index is -0.197. The van der Waals surface area contributed by atoms with Gasteiger partial charge in [-0.1, -0.05) is 0 Å². The summed E-state index contributed by atoms with van der Waals surface area (Å²) >= 11 is 3.35. The minimum absolute atomic E-state index is 0.197. The van der Waals surface area contributed by atoms with Gasteiger partial charge in [-0.05, 0) is 59.8 Å². The standard InChI is InChI=1S/C13H15BrN2O2/c1-18-12-7-6-9(8-11(12)14)13(17)16-15-10-4-2-3-5-10/h6-8H,2-5H2,1H3,(H,16,17). The summed E-state index contributed by atoms with van der Waals surface area (Å²) in [5, 5.41) is 4.14. The van der Waals surface area contributed by atoms with Gasteiger partial charge in [0.25, 0.3) is 5.91 Å². The minimum Gasteiger partial charge on any atom is -0.496 e. The van der Waals surface area contributed by atoms with E-state index in [2.05, 4.69) is 26.5 Å². The molecule has 1 aromatic rings. The van der Waals surface area contributed by atoms with Gasteiger partial charge in [0.15, 0.2) is 0 Å². The maximum Gasteiger partial charge on any atom is 0.271 e. The van der Waals surface area contributed by atoms with Crippen molar-refractivity contribution in [2.45, 2.75) is 25.7 Å². The van der Waals surface area contributed by atoms with Crippen LogP contribution in [0.25, 0.3) is 0 Å². The van der Waals surface area contributed by atoms with E-state index in [1.54, 1.807) is 25.3 Å². The first-order valence-electron chi connectivity index (χ1n) is 5.90. The molecule has 4 nitrogen and oxygen atoms in total. The van der Waals surface area contributed by atoms with Crippen molar-refractivity contribution >= 4 is 27.5 Å². The van der Waals surface area contributed by atoms with Gasteiger partial charge in [0.1, 0.15) is 5.75 Å². The van der Waals surface area contributed by atoms with E-state index in [9.17, 15) is 4.79 Å². The quantitative estimate of drug-likeness (QED) is 0.872. The molecule has 1 aliphatic carbocycles. The molecule has 1 fully saturated rings. The lowest BCUT2D eigenvalue weighted by Crippen LogP contribution is -2.19. The highest BCUT2D eigenvalue weighted by Gasteiger charge is 2.11. The van der Waals surface area contributed by atoms with Gasteiger partial charge in [-0.25, -0.2) is 5.43 Å². The van der Waals surface area contributed by atoms with Gasteiger partial charge in [-0.15, -0.1) is 0 Å². The van der Waals surface area contributed by atoms with Gasteiger partial charge in [0.2, 0.25) is 0 Å². The highest BCUT2D eigenvalue weighted by atomic mass is 79.9. The van der Waals surface area contributed by atoms with Crippen molar-refractivity contribution in [3.8, 4) is 5.75 Å². The number of carbonyl (C=O) groups is 1. The summed E-state index contributed by atoms with van der Waals surface area (Å²) in [4.78, 5) is 11.9. The molecule has 1 saturated carbocycles. The monoisotopic (exact) mass is 310 g/mol. The maximum atomic E-state index is 11.9. The Bertz CT molecular complexity index is 478. The number of hydrogen-bond donors (Lipinski definition) is 1. The fraction of sp³-hybridized carbons (Fsp3) is 0.385. The first-order chi connectivity index (χ1) is 8.70. The number of nitrogens with one attached hydrogen (secondary N) is 1. The van der Waals surface area contributed by atoms with Crippen LogP contribution in [0.2, 0.25) is 0 Å². The fourth-order valence-corrected chi connectivity index (χ4v) is 2.44. The molecular formula is C13H15BrN2O2. The number of amides is 1. The average molecular weight is 311 g/mol. The van der Waals surface area contributed by atoms with Crippen molar-refractivity contribution in [3.63, 3.8) is 0 Å². The molecule has 1 amide bonds. The zero-order valence-electron chi connectivity index (χ0n) is 10.2. The van der Waals surface area contributed by atoms with Crippen LogP contribution in [-0.2, 0) is 0 Å². The molecule has 1 aromatic carbocycles. The molecular weight excluding hydrogens is 296 g/mol. The maximum absolute atomic E-state index is 11.9. The Kier molecular flexibility index (Phi) is 4.36. The number of carbonyl (C=O) groups excluding carboxylic acids is 1. The van der Waals surface area contributed by atoms with Gasteiger partial charge in [0.05, 0.1) is 11.6 Å². The summed E-state index contributed by atoms with van der Waals surface area (Å²) in [5.74, 6) is 0.506. The third kappa shape index (κ3) is 3.10. The third-order valence-electron chi connectivity index (χ3n) is 2.91. The Morgan fingerprint density at radius 1 is 1.39 bits per heavy atom. The van der Waals surface area contributed by atoms with Crippen LogP contribution >= 0.6 is 15.9 Å². The summed E-state index contributed by atoms with van der Waals surface area (Å²) in [6.45, 7) is 0. The number of nitrogens with zero attached hydrogens (tertiary/aromatic N) is 1. The van der Waals surface area contributed by atoms with Gasteiger partial charge >= 0.3 is 0 Å². The zero-order chi connectivity index (χ0) is 13.0. The lowest BCUT2D eigenvalue weighted by Gasteiger charge is -2.05. The van der Waals surface area contributed by atoms with Crippen molar-refractivity contribution in [1.82, 2.24) is 5.43 Å². The molecule has 18 heavy (non-hydrogen) atoms. The topological polar surface area (TPSA) is 50.7 Å². The Labute approximate surface area is 115 Å². The van der Waals surface area contributed by atoms with Crippen LogP contribution in [0.4, 0.5) is 0 Å². The summed E-state index contributed by atoms with van der Waals surface area (Å²) in [5.41, 5.74) is 4.23. The normalized spacial score (nSPS) is 14.4. The van der Waals surface area contributed by atoms with Gasteiger partial charge < -0.3 is 4.74 Å². The summed E-state index contributed by atoms with van der Waals surface area (Å²) in [6.07, 6.45) is 4.32. The molecule has 0 bridgehead atoms. The molecule has 1 aliphatic rings. The Morgan fingerprint density at radius 3 is 2.72 bits per heavy atom. The first-order valence-corrected chi connectivity index (χ1v) is 6.69. The van der Waals surface area contributed by atoms with Crippen LogP contribution in [0, 0.1) is 0 Å². The molecule has 0 heterocycles. The predicted molar refractivity (Wildman–Crippen MR) is 74.1 cm³/mol. The number of ether oxygens (including phenoxy) is 1. The van der Waals surface area contributed by atoms with E-state index in [0.29, 0.717) is 11.3 Å². The van der Waals surface area contributed by atoms with E-state index < -0.39 is 0 Å². The predicted octanol–water partition coefficient (Wildman–Crippen LogP) is 3.12. The van der Waals surface area contributed by atoms with E-state index in [-0.39, 0.29) is 5.91 Å². The molecule has 0 aromatic heterocycles. The smallest absolute Gasteiger partial charge is 0.271 e. The van der Waals surface area contributed by atoms with Crippen LogP contribution in [0.1, 0.15) is 36.0 Å². The molecule has 96 valence electrons. The van der Waals surface area contributed by atoms with Crippen LogP contribution in [0.15, 0.2) is 27.8 Å². The highest BCUT2D eigenvalue weighted by molar-refractivity contribution is 9.10.